The Balaban J connectivity index is 2.00. The van der Waals surface area contributed by atoms with Crippen molar-refractivity contribution in [1.82, 2.24) is 4.90 Å². The van der Waals surface area contributed by atoms with Crippen LogP contribution >= 0.6 is 11.6 Å². The van der Waals surface area contributed by atoms with E-state index < -0.39 is 6.10 Å². The van der Waals surface area contributed by atoms with Gasteiger partial charge in [0.15, 0.2) is 0 Å². The van der Waals surface area contributed by atoms with Gasteiger partial charge in [0.1, 0.15) is 0 Å². The molecule has 106 valence electrons. The standard InChI is InChI=1S/C15H22ClNO2/c1-11-3-2-8-17(14(11)10-18)9-15(19)12-4-6-13(16)7-5-12/h4-7,11,14-15,18-19H,2-3,8-10H2,1H3. The van der Waals surface area contributed by atoms with E-state index in [9.17, 15) is 10.2 Å². The Bertz CT molecular complexity index is 396. The summed E-state index contributed by atoms with van der Waals surface area (Å²) in [6.07, 6.45) is 1.75. The van der Waals surface area contributed by atoms with E-state index in [-0.39, 0.29) is 12.6 Å². The first-order valence-corrected chi connectivity index (χ1v) is 7.28. The van der Waals surface area contributed by atoms with Crippen LogP contribution in [0.15, 0.2) is 24.3 Å². The Hall–Kier alpha value is -0.610. The molecule has 1 fully saturated rings. The zero-order valence-corrected chi connectivity index (χ0v) is 12.1. The van der Waals surface area contributed by atoms with Crippen molar-refractivity contribution in [3.05, 3.63) is 34.9 Å². The minimum Gasteiger partial charge on any atom is -0.395 e. The molecule has 3 unspecified atom stereocenters. The van der Waals surface area contributed by atoms with Gasteiger partial charge in [-0.15, -0.1) is 0 Å². The highest BCUT2D eigenvalue weighted by Crippen LogP contribution is 2.26. The van der Waals surface area contributed by atoms with Crippen LogP contribution in [0.2, 0.25) is 5.02 Å². The smallest absolute Gasteiger partial charge is 0.0917 e. The molecule has 0 spiro atoms. The largest absolute Gasteiger partial charge is 0.395 e. The number of rotatable bonds is 4. The minimum atomic E-state index is -0.531. The second-order valence-corrected chi connectivity index (χ2v) is 5.87. The Labute approximate surface area is 119 Å². The third kappa shape index (κ3) is 3.69. The van der Waals surface area contributed by atoms with Gasteiger partial charge in [-0.05, 0) is 43.0 Å². The molecule has 4 heteroatoms. The topological polar surface area (TPSA) is 43.7 Å². The molecule has 1 aliphatic rings. The number of aliphatic hydroxyl groups excluding tert-OH is 2. The lowest BCUT2D eigenvalue weighted by Crippen LogP contribution is -2.48. The Morgan fingerprint density at radius 2 is 2.05 bits per heavy atom. The zero-order valence-electron chi connectivity index (χ0n) is 11.3. The third-order valence-electron chi connectivity index (χ3n) is 4.08. The first kappa shape index (κ1) is 14.8. The quantitative estimate of drug-likeness (QED) is 0.892. The summed E-state index contributed by atoms with van der Waals surface area (Å²) in [6, 6.07) is 7.46. The Morgan fingerprint density at radius 3 is 2.68 bits per heavy atom. The van der Waals surface area contributed by atoms with Crippen molar-refractivity contribution in [1.29, 1.82) is 0 Å². The molecule has 2 rings (SSSR count). The average Bonchev–Trinajstić information content (AvgIpc) is 2.39. The van der Waals surface area contributed by atoms with Gasteiger partial charge in [-0.2, -0.15) is 0 Å². The van der Waals surface area contributed by atoms with Crippen LogP contribution in [-0.4, -0.2) is 40.9 Å². The van der Waals surface area contributed by atoms with Crippen LogP contribution in [0.25, 0.3) is 0 Å². The Morgan fingerprint density at radius 1 is 1.37 bits per heavy atom. The summed E-state index contributed by atoms with van der Waals surface area (Å²) in [5.74, 6) is 0.483. The second kappa shape index (κ2) is 6.71. The summed E-state index contributed by atoms with van der Waals surface area (Å²) in [4.78, 5) is 2.20. The van der Waals surface area contributed by atoms with Gasteiger partial charge in [0.25, 0.3) is 0 Å². The molecule has 3 atom stereocenters. The van der Waals surface area contributed by atoms with Crippen LogP contribution in [0.4, 0.5) is 0 Å². The predicted molar refractivity (Wildman–Crippen MR) is 77.3 cm³/mol. The van der Waals surface area contributed by atoms with Gasteiger partial charge in [0.05, 0.1) is 12.7 Å². The average molecular weight is 284 g/mol. The van der Waals surface area contributed by atoms with Gasteiger partial charge in [0, 0.05) is 17.6 Å². The molecule has 3 nitrogen and oxygen atoms in total. The van der Waals surface area contributed by atoms with Crippen molar-refractivity contribution in [2.45, 2.75) is 31.9 Å². The minimum absolute atomic E-state index is 0.161. The number of halogens is 1. The second-order valence-electron chi connectivity index (χ2n) is 5.43. The Kier molecular flexibility index (Phi) is 5.22. The van der Waals surface area contributed by atoms with Gasteiger partial charge >= 0.3 is 0 Å². The van der Waals surface area contributed by atoms with E-state index in [4.69, 9.17) is 11.6 Å². The molecule has 1 saturated heterocycles. The zero-order chi connectivity index (χ0) is 13.8. The molecule has 1 aliphatic heterocycles. The maximum Gasteiger partial charge on any atom is 0.0917 e. The number of likely N-dealkylation sites (tertiary alicyclic amines) is 1. The number of aliphatic hydroxyl groups is 2. The number of nitrogens with zero attached hydrogens (tertiary/aromatic N) is 1. The fourth-order valence-electron chi connectivity index (χ4n) is 2.87. The summed E-state index contributed by atoms with van der Waals surface area (Å²) >= 11 is 5.85. The molecule has 1 aromatic carbocycles. The molecule has 0 aromatic heterocycles. The number of β-amino-alcohol motifs (C(OH)–C–C–N with tert-alkyl or cyclic N) is 1. The van der Waals surface area contributed by atoms with Gasteiger partial charge in [-0.25, -0.2) is 0 Å². The van der Waals surface area contributed by atoms with Crippen LogP contribution in [0.3, 0.4) is 0 Å². The molecule has 0 bridgehead atoms. The molecule has 2 N–H and O–H groups in total. The van der Waals surface area contributed by atoms with Crippen LogP contribution in [0, 0.1) is 5.92 Å². The highest BCUT2D eigenvalue weighted by Gasteiger charge is 2.29. The normalized spacial score (nSPS) is 26.3. The maximum atomic E-state index is 10.3. The van der Waals surface area contributed by atoms with Crippen molar-refractivity contribution in [2.75, 3.05) is 19.7 Å². The van der Waals surface area contributed by atoms with Crippen molar-refractivity contribution < 1.29 is 10.2 Å². The monoisotopic (exact) mass is 283 g/mol. The van der Waals surface area contributed by atoms with Crippen molar-refractivity contribution >= 4 is 11.6 Å². The lowest BCUT2D eigenvalue weighted by atomic mass is 9.90. The van der Waals surface area contributed by atoms with Gasteiger partial charge in [-0.3, -0.25) is 4.90 Å². The van der Waals surface area contributed by atoms with Crippen LogP contribution in [-0.2, 0) is 0 Å². The van der Waals surface area contributed by atoms with Crippen LogP contribution in [0.1, 0.15) is 31.4 Å². The molecule has 0 amide bonds. The fraction of sp³-hybridized carbons (Fsp3) is 0.600. The van der Waals surface area contributed by atoms with Gasteiger partial charge < -0.3 is 10.2 Å². The molecule has 0 saturated carbocycles. The summed E-state index contributed by atoms with van der Waals surface area (Å²) in [5, 5.41) is 20.5. The lowest BCUT2D eigenvalue weighted by Gasteiger charge is -2.40. The van der Waals surface area contributed by atoms with Gasteiger partial charge in [-0.1, -0.05) is 30.7 Å². The molecule has 0 aliphatic carbocycles. The van der Waals surface area contributed by atoms with Crippen LogP contribution in [0.5, 0.6) is 0 Å². The molecular weight excluding hydrogens is 262 g/mol. The van der Waals surface area contributed by atoms with E-state index in [1.54, 1.807) is 12.1 Å². The lowest BCUT2D eigenvalue weighted by molar-refractivity contribution is 0.0166. The van der Waals surface area contributed by atoms with E-state index >= 15 is 0 Å². The van der Waals surface area contributed by atoms with E-state index in [0.717, 1.165) is 24.9 Å². The summed E-state index contributed by atoms with van der Waals surface area (Å²) in [6.45, 7) is 3.84. The molecule has 1 heterocycles. The summed E-state index contributed by atoms with van der Waals surface area (Å²) < 4.78 is 0. The highest BCUT2D eigenvalue weighted by molar-refractivity contribution is 6.30. The van der Waals surface area contributed by atoms with Crippen molar-refractivity contribution in [3.8, 4) is 0 Å². The fourth-order valence-corrected chi connectivity index (χ4v) is 3.00. The van der Waals surface area contributed by atoms with E-state index in [2.05, 4.69) is 11.8 Å². The number of benzene rings is 1. The number of piperidine rings is 1. The van der Waals surface area contributed by atoms with Crippen molar-refractivity contribution in [2.24, 2.45) is 5.92 Å². The molecule has 19 heavy (non-hydrogen) atoms. The first-order valence-electron chi connectivity index (χ1n) is 6.90. The predicted octanol–water partition coefficient (Wildman–Crippen LogP) is 2.47. The van der Waals surface area contributed by atoms with Crippen molar-refractivity contribution in [3.63, 3.8) is 0 Å². The molecule has 1 aromatic rings. The third-order valence-corrected chi connectivity index (χ3v) is 4.33. The SMILES string of the molecule is CC1CCCN(CC(O)c2ccc(Cl)cc2)C1CO. The maximum absolute atomic E-state index is 10.3. The van der Waals surface area contributed by atoms with Crippen LogP contribution < -0.4 is 0 Å². The first-order chi connectivity index (χ1) is 9.11. The summed E-state index contributed by atoms with van der Waals surface area (Å²) in [5.41, 5.74) is 0.874. The number of hydrogen-bond acceptors (Lipinski definition) is 3. The van der Waals surface area contributed by atoms with E-state index in [1.165, 1.54) is 0 Å². The molecular formula is C15H22ClNO2. The van der Waals surface area contributed by atoms with E-state index in [0.29, 0.717) is 17.5 Å². The molecule has 0 radical (unpaired) electrons. The van der Waals surface area contributed by atoms with E-state index in [1.807, 2.05) is 12.1 Å². The number of hydrogen-bond donors (Lipinski definition) is 2. The highest BCUT2D eigenvalue weighted by atomic mass is 35.5. The van der Waals surface area contributed by atoms with Gasteiger partial charge in [0.2, 0.25) is 0 Å². The summed E-state index contributed by atoms with van der Waals surface area (Å²) in [7, 11) is 0.